The van der Waals surface area contributed by atoms with Crippen LogP contribution in [-0.2, 0) is 0 Å². The van der Waals surface area contributed by atoms with Gasteiger partial charge in [-0.15, -0.1) is 0 Å². The van der Waals surface area contributed by atoms with Crippen LogP contribution in [0.15, 0.2) is 60.7 Å². The zero-order valence-corrected chi connectivity index (χ0v) is 13.3. The second-order valence-electron chi connectivity index (χ2n) is 5.36. The van der Waals surface area contributed by atoms with Crippen LogP contribution in [0.25, 0.3) is 0 Å². The van der Waals surface area contributed by atoms with Gasteiger partial charge < -0.3 is 10.6 Å². The van der Waals surface area contributed by atoms with Gasteiger partial charge in [-0.3, -0.25) is 0 Å². The van der Waals surface area contributed by atoms with Crippen molar-refractivity contribution in [2.75, 3.05) is 0 Å². The highest BCUT2D eigenvalue weighted by Gasteiger charge is 2.16. The first-order chi connectivity index (χ1) is 10.7. The molecule has 2 aromatic rings. The average molecular weight is 296 g/mol. The van der Waals surface area contributed by atoms with E-state index in [0.29, 0.717) is 0 Å². The molecule has 2 aromatic carbocycles. The topological polar surface area (TPSA) is 41.1 Å². The number of nitrogens with one attached hydrogen (secondary N) is 2. The van der Waals surface area contributed by atoms with E-state index in [1.165, 1.54) is 0 Å². The largest absolute Gasteiger partial charge is 0.331 e. The minimum Gasteiger partial charge on any atom is -0.331 e. The second kappa shape index (κ2) is 8.23. The summed E-state index contributed by atoms with van der Waals surface area (Å²) in [5.74, 6) is 0. The molecule has 0 radical (unpaired) electrons. The molecule has 0 aromatic heterocycles. The summed E-state index contributed by atoms with van der Waals surface area (Å²) in [7, 11) is 0. The van der Waals surface area contributed by atoms with Crippen molar-refractivity contribution < 1.29 is 4.79 Å². The summed E-state index contributed by atoms with van der Waals surface area (Å²) < 4.78 is 0. The first-order valence-electron chi connectivity index (χ1n) is 7.91. The minimum atomic E-state index is -0.119. The molecule has 0 spiro atoms. The molecule has 0 saturated carbocycles. The molecule has 0 aliphatic heterocycles. The zero-order valence-electron chi connectivity index (χ0n) is 13.3. The molecule has 0 saturated heterocycles. The lowest BCUT2D eigenvalue weighted by atomic mass is 10.0. The van der Waals surface area contributed by atoms with Gasteiger partial charge in [0.25, 0.3) is 0 Å². The van der Waals surface area contributed by atoms with E-state index < -0.39 is 0 Å². The highest BCUT2D eigenvalue weighted by atomic mass is 16.2. The van der Waals surface area contributed by atoms with Gasteiger partial charge in [0.15, 0.2) is 0 Å². The lowest BCUT2D eigenvalue weighted by Crippen LogP contribution is -2.39. The van der Waals surface area contributed by atoms with E-state index in [1.54, 1.807) is 0 Å². The number of hydrogen-bond donors (Lipinski definition) is 2. The van der Waals surface area contributed by atoms with Crippen molar-refractivity contribution in [3.63, 3.8) is 0 Å². The first kappa shape index (κ1) is 16.1. The van der Waals surface area contributed by atoms with Crippen LogP contribution in [0.5, 0.6) is 0 Å². The van der Waals surface area contributed by atoms with Crippen molar-refractivity contribution in [3.05, 3.63) is 71.8 Å². The minimum absolute atomic E-state index is 0.0366. The highest BCUT2D eigenvalue weighted by molar-refractivity contribution is 5.75. The van der Waals surface area contributed by atoms with Crippen molar-refractivity contribution in [1.29, 1.82) is 0 Å². The fourth-order valence-electron chi connectivity index (χ4n) is 2.57. The van der Waals surface area contributed by atoms with Crippen molar-refractivity contribution >= 4 is 6.03 Å². The van der Waals surface area contributed by atoms with Gasteiger partial charge >= 0.3 is 6.03 Å². The SMILES string of the molecule is CCC(NC(=O)NC(CC)c1ccccc1)c1ccccc1. The fourth-order valence-corrected chi connectivity index (χ4v) is 2.57. The van der Waals surface area contributed by atoms with E-state index in [9.17, 15) is 4.79 Å². The number of urea groups is 1. The lowest BCUT2D eigenvalue weighted by Gasteiger charge is -2.22. The third-order valence-electron chi connectivity index (χ3n) is 3.83. The summed E-state index contributed by atoms with van der Waals surface area (Å²) in [6, 6.07) is 20.1. The van der Waals surface area contributed by atoms with Crippen LogP contribution < -0.4 is 10.6 Å². The van der Waals surface area contributed by atoms with Gasteiger partial charge in [0.1, 0.15) is 0 Å². The number of benzene rings is 2. The van der Waals surface area contributed by atoms with E-state index in [0.717, 1.165) is 24.0 Å². The van der Waals surface area contributed by atoms with E-state index in [1.807, 2.05) is 60.7 Å². The van der Waals surface area contributed by atoms with Crippen molar-refractivity contribution in [2.24, 2.45) is 0 Å². The van der Waals surface area contributed by atoms with Crippen LogP contribution in [-0.4, -0.2) is 6.03 Å². The first-order valence-corrected chi connectivity index (χ1v) is 7.91. The fraction of sp³-hybridized carbons (Fsp3) is 0.316. The Bertz CT molecular complexity index is 517. The number of hydrogen-bond acceptors (Lipinski definition) is 1. The molecule has 2 N–H and O–H groups in total. The third-order valence-corrected chi connectivity index (χ3v) is 3.83. The second-order valence-corrected chi connectivity index (χ2v) is 5.36. The Morgan fingerprint density at radius 1 is 0.773 bits per heavy atom. The summed E-state index contributed by atoms with van der Waals surface area (Å²) in [4.78, 5) is 12.3. The van der Waals surface area contributed by atoms with Gasteiger partial charge in [-0.1, -0.05) is 74.5 Å². The van der Waals surface area contributed by atoms with Gasteiger partial charge in [-0.2, -0.15) is 0 Å². The molecule has 0 heterocycles. The van der Waals surface area contributed by atoms with Crippen LogP contribution in [0.1, 0.15) is 49.9 Å². The molecule has 116 valence electrons. The predicted molar refractivity (Wildman–Crippen MR) is 90.6 cm³/mol. The number of carbonyl (C=O) groups excluding carboxylic acids is 1. The highest BCUT2D eigenvalue weighted by Crippen LogP contribution is 2.18. The Kier molecular flexibility index (Phi) is 6.01. The third kappa shape index (κ3) is 4.35. The summed E-state index contributed by atoms with van der Waals surface area (Å²) in [6.45, 7) is 4.15. The van der Waals surface area contributed by atoms with Crippen LogP contribution in [0.2, 0.25) is 0 Å². The normalized spacial score (nSPS) is 13.2. The summed E-state index contributed by atoms with van der Waals surface area (Å²) >= 11 is 0. The average Bonchev–Trinajstić information content (AvgIpc) is 2.59. The van der Waals surface area contributed by atoms with Crippen LogP contribution in [0, 0.1) is 0 Å². The Morgan fingerprint density at radius 2 is 1.14 bits per heavy atom. The molecular weight excluding hydrogens is 272 g/mol. The van der Waals surface area contributed by atoms with Gasteiger partial charge in [0.05, 0.1) is 12.1 Å². The lowest BCUT2D eigenvalue weighted by molar-refractivity contribution is 0.232. The Morgan fingerprint density at radius 3 is 1.45 bits per heavy atom. The molecule has 0 aliphatic rings. The Labute approximate surface area is 132 Å². The van der Waals surface area contributed by atoms with Gasteiger partial charge in [0, 0.05) is 0 Å². The standard InChI is InChI=1S/C19H24N2O/c1-3-17(15-11-7-5-8-12-15)20-19(22)21-18(4-2)16-13-9-6-10-14-16/h5-14,17-18H,3-4H2,1-2H3,(H2,20,21,22). The maximum Gasteiger partial charge on any atom is 0.315 e. The predicted octanol–water partition coefficient (Wildman–Crippen LogP) is 4.59. The molecule has 22 heavy (non-hydrogen) atoms. The van der Waals surface area contributed by atoms with Gasteiger partial charge in [-0.05, 0) is 24.0 Å². The van der Waals surface area contributed by atoms with Crippen LogP contribution >= 0.6 is 0 Å². The molecule has 0 bridgehead atoms. The van der Waals surface area contributed by atoms with E-state index in [-0.39, 0.29) is 18.1 Å². The molecule has 0 fully saturated rings. The molecule has 3 nitrogen and oxygen atoms in total. The van der Waals surface area contributed by atoms with E-state index in [2.05, 4.69) is 24.5 Å². The summed E-state index contributed by atoms with van der Waals surface area (Å²) in [5.41, 5.74) is 2.26. The summed E-state index contributed by atoms with van der Waals surface area (Å²) in [6.07, 6.45) is 1.72. The van der Waals surface area contributed by atoms with Crippen molar-refractivity contribution in [3.8, 4) is 0 Å². The smallest absolute Gasteiger partial charge is 0.315 e. The molecule has 2 unspecified atom stereocenters. The molecule has 2 rings (SSSR count). The maximum absolute atomic E-state index is 12.3. The molecule has 0 aliphatic carbocycles. The quantitative estimate of drug-likeness (QED) is 0.804. The number of rotatable bonds is 6. The molecule has 2 amide bonds. The van der Waals surface area contributed by atoms with Crippen LogP contribution in [0.3, 0.4) is 0 Å². The summed E-state index contributed by atoms with van der Waals surface area (Å²) in [5, 5.41) is 6.13. The zero-order chi connectivity index (χ0) is 15.8. The Balaban J connectivity index is 1.99. The van der Waals surface area contributed by atoms with E-state index >= 15 is 0 Å². The number of carbonyl (C=O) groups is 1. The number of amides is 2. The van der Waals surface area contributed by atoms with E-state index in [4.69, 9.17) is 0 Å². The van der Waals surface area contributed by atoms with Gasteiger partial charge in [-0.25, -0.2) is 4.79 Å². The molecule has 2 atom stereocenters. The molecule has 3 heteroatoms. The monoisotopic (exact) mass is 296 g/mol. The molecular formula is C19H24N2O. The van der Waals surface area contributed by atoms with Crippen molar-refractivity contribution in [1.82, 2.24) is 10.6 Å². The Hall–Kier alpha value is -2.29. The van der Waals surface area contributed by atoms with Crippen LogP contribution in [0.4, 0.5) is 4.79 Å². The van der Waals surface area contributed by atoms with Gasteiger partial charge in [0.2, 0.25) is 0 Å². The maximum atomic E-state index is 12.3. The van der Waals surface area contributed by atoms with Crippen molar-refractivity contribution in [2.45, 2.75) is 38.8 Å².